The summed E-state index contributed by atoms with van der Waals surface area (Å²) in [5, 5.41) is 0. The number of carbonyl (C=O) groups excluding carboxylic acids is 1. The molecule has 2 rings (SSSR count). The lowest BCUT2D eigenvalue weighted by atomic mass is 9.70. The molecule has 0 saturated heterocycles. The number of rotatable bonds is 4. The van der Waals surface area contributed by atoms with E-state index in [1.807, 2.05) is 0 Å². The molecule has 2 aliphatic rings. The van der Waals surface area contributed by atoms with Crippen molar-refractivity contribution >= 4 is 5.78 Å². The molecule has 0 aromatic heterocycles. The highest BCUT2D eigenvalue weighted by Gasteiger charge is 2.31. The molecule has 2 aliphatic carbocycles. The minimum absolute atomic E-state index is 0.376. The summed E-state index contributed by atoms with van der Waals surface area (Å²) in [6.45, 7) is 4.71. The summed E-state index contributed by atoms with van der Waals surface area (Å²) in [6, 6.07) is 0. The maximum atomic E-state index is 11.4. The zero-order valence-electron chi connectivity index (χ0n) is 12.0. The number of carbonyl (C=O) groups is 1. The van der Waals surface area contributed by atoms with Gasteiger partial charge in [0.05, 0.1) is 6.10 Å². The van der Waals surface area contributed by atoms with Gasteiger partial charge in [0.2, 0.25) is 0 Å². The van der Waals surface area contributed by atoms with Gasteiger partial charge in [0.25, 0.3) is 0 Å². The molecule has 0 spiro atoms. The van der Waals surface area contributed by atoms with Crippen LogP contribution in [0, 0.1) is 17.8 Å². The Balaban J connectivity index is 1.73. The summed E-state index contributed by atoms with van der Waals surface area (Å²) >= 11 is 0. The van der Waals surface area contributed by atoms with Crippen LogP contribution in [0.1, 0.15) is 65.2 Å². The van der Waals surface area contributed by atoms with Gasteiger partial charge in [0.15, 0.2) is 0 Å². The summed E-state index contributed by atoms with van der Waals surface area (Å²) in [4.78, 5) is 11.4. The van der Waals surface area contributed by atoms with Gasteiger partial charge in [-0.2, -0.15) is 0 Å². The summed E-state index contributed by atoms with van der Waals surface area (Å²) in [6.07, 6.45) is 10.6. The molecule has 0 aromatic carbocycles. The Morgan fingerprint density at radius 1 is 0.944 bits per heavy atom. The Labute approximate surface area is 111 Å². The molecular formula is C16H28O2. The molecule has 0 aliphatic heterocycles. The first-order valence-corrected chi connectivity index (χ1v) is 7.82. The van der Waals surface area contributed by atoms with Crippen LogP contribution in [0.3, 0.4) is 0 Å². The monoisotopic (exact) mass is 252 g/mol. The fourth-order valence-corrected chi connectivity index (χ4v) is 3.96. The Morgan fingerprint density at radius 3 is 1.89 bits per heavy atom. The quantitative estimate of drug-likeness (QED) is 0.756. The van der Waals surface area contributed by atoms with Crippen molar-refractivity contribution < 1.29 is 9.53 Å². The molecule has 18 heavy (non-hydrogen) atoms. The molecule has 0 N–H and O–H groups in total. The Kier molecular flexibility index (Phi) is 5.23. The van der Waals surface area contributed by atoms with E-state index >= 15 is 0 Å². The van der Waals surface area contributed by atoms with E-state index < -0.39 is 0 Å². The van der Waals surface area contributed by atoms with E-state index in [-0.39, 0.29) is 0 Å². The summed E-state index contributed by atoms with van der Waals surface area (Å²) < 4.78 is 5.72. The topological polar surface area (TPSA) is 26.3 Å². The minimum atomic E-state index is 0.376. The van der Waals surface area contributed by atoms with Crippen LogP contribution < -0.4 is 0 Å². The van der Waals surface area contributed by atoms with Crippen LogP contribution >= 0.6 is 0 Å². The molecule has 2 heteroatoms. The van der Waals surface area contributed by atoms with Gasteiger partial charge in [-0.05, 0) is 77.0 Å². The molecule has 2 saturated carbocycles. The summed E-state index contributed by atoms with van der Waals surface area (Å²) in [7, 11) is 0. The number of hydrogen-bond acceptors (Lipinski definition) is 2. The average Bonchev–Trinajstić information content (AvgIpc) is 2.40. The lowest BCUT2D eigenvalue weighted by molar-refractivity contribution is -0.122. The van der Waals surface area contributed by atoms with Crippen LogP contribution in [0.25, 0.3) is 0 Å². The van der Waals surface area contributed by atoms with Crippen molar-refractivity contribution in [3.8, 4) is 0 Å². The van der Waals surface area contributed by atoms with E-state index in [9.17, 15) is 4.79 Å². The van der Waals surface area contributed by atoms with Gasteiger partial charge in [-0.3, -0.25) is 4.79 Å². The van der Waals surface area contributed by atoms with Crippen LogP contribution in [-0.2, 0) is 9.53 Å². The molecule has 0 bridgehead atoms. The SMILES string of the molecule is CCOC1CCC(C2CCC(C(C)=O)CC2)CC1. The zero-order valence-corrected chi connectivity index (χ0v) is 12.0. The Bertz CT molecular complexity index is 258. The smallest absolute Gasteiger partial charge is 0.132 e. The highest BCUT2D eigenvalue weighted by Crippen LogP contribution is 2.40. The second-order valence-electron chi connectivity index (χ2n) is 6.21. The van der Waals surface area contributed by atoms with E-state index in [1.165, 1.54) is 38.5 Å². The maximum absolute atomic E-state index is 11.4. The van der Waals surface area contributed by atoms with Crippen LogP contribution in [0.2, 0.25) is 0 Å². The largest absolute Gasteiger partial charge is 0.379 e. The second-order valence-corrected chi connectivity index (χ2v) is 6.21. The molecular weight excluding hydrogens is 224 g/mol. The fourth-order valence-electron chi connectivity index (χ4n) is 3.96. The third kappa shape index (κ3) is 3.57. The van der Waals surface area contributed by atoms with Crippen LogP contribution in [0.5, 0.6) is 0 Å². The van der Waals surface area contributed by atoms with E-state index in [0.717, 1.165) is 31.3 Å². The van der Waals surface area contributed by atoms with Gasteiger partial charge in [-0.1, -0.05) is 0 Å². The van der Waals surface area contributed by atoms with Crippen molar-refractivity contribution in [3.05, 3.63) is 0 Å². The van der Waals surface area contributed by atoms with Gasteiger partial charge >= 0.3 is 0 Å². The predicted octanol–water partition coefficient (Wildman–Crippen LogP) is 3.98. The molecule has 2 nitrogen and oxygen atoms in total. The van der Waals surface area contributed by atoms with E-state index in [2.05, 4.69) is 6.92 Å². The molecule has 0 heterocycles. The first-order chi connectivity index (χ1) is 8.70. The first-order valence-electron chi connectivity index (χ1n) is 7.82. The first kappa shape index (κ1) is 14.0. The lowest BCUT2D eigenvalue weighted by Crippen LogP contribution is -2.29. The third-order valence-electron chi connectivity index (χ3n) is 5.13. The van der Waals surface area contributed by atoms with Crippen LogP contribution in [0.15, 0.2) is 0 Å². The summed E-state index contributed by atoms with van der Waals surface area (Å²) in [5.41, 5.74) is 0. The second kappa shape index (κ2) is 6.70. The standard InChI is InChI=1S/C16H28O2/c1-3-18-16-10-8-15(9-11-16)14-6-4-13(5-7-14)12(2)17/h13-16H,3-11H2,1-2H3. The normalized spacial score (nSPS) is 37.4. The maximum Gasteiger partial charge on any atom is 0.132 e. The minimum Gasteiger partial charge on any atom is -0.379 e. The van der Waals surface area contributed by atoms with Gasteiger partial charge in [0.1, 0.15) is 5.78 Å². The van der Waals surface area contributed by atoms with E-state index in [1.54, 1.807) is 6.92 Å². The van der Waals surface area contributed by atoms with Gasteiger partial charge in [-0.15, -0.1) is 0 Å². The Morgan fingerprint density at radius 2 is 1.44 bits per heavy atom. The lowest BCUT2D eigenvalue weighted by Gasteiger charge is -2.37. The van der Waals surface area contributed by atoms with Crippen LogP contribution in [-0.4, -0.2) is 18.5 Å². The van der Waals surface area contributed by atoms with Crippen molar-refractivity contribution in [2.75, 3.05) is 6.61 Å². The molecule has 2 fully saturated rings. The zero-order chi connectivity index (χ0) is 13.0. The van der Waals surface area contributed by atoms with E-state index in [4.69, 9.17) is 4.74 Å². The molecule has 0 unspecified atom stereocenters. The summed E-state index contributed by atoms with van der Waals surface area (Å²) in [5.74, 6) is 2.59. The molecule has 0 radical (unpaired) electrons. The van der Waals surface area contributed by atoms with Crippen molar-refractivity contribution in [3.63, 3.8) is 0 Å². The Hall–Kier alpha value is -0.370. The highest BCUT2D eigenvalue weighted by molar-refractivity contribution is 5.78. The van der Waals surface area contributed by atoms with Crippen molar-refractivity contribution in [2.24, 2.45) is 17.8 Å². The van der Waals surface area contributed by atoms with Crippen molar-refractivity contribution in [2.45, 2.75) is 71.3 Å². The highest BCUT2D eigenvalue weighted by atomic mass is 16.5. The fraction of sp³-hybridized carbons (Fsp3) is 0.938. The average molecular weight is 252 g/mol. The third-order valence-corrected chi connectivity index (χ3v) is 5.13. The number of ether oxygens (including phenoxy) is 1. The number of Topliss-reactive ketones (excluding diaryl/α,β-unsaturated/α-hetero) is 1. The van der Waals surface area contributed by atoms with Crippen LogP contribution in [0.4, 0.5) is 0 Å². The van der Waals surface area contributed by atoms with Crippen molar-refractivity contribution in [1.29, 1.82) is 0 Å². The van der Waals surface area contributed by atoms with Gasteiger partial charge < -0.3 is 4.74 Å². The molecule has 104 valence electrons. The molecule has 0 amide bonds. The molecule has 0 aromatic rings. The van der Waals surface area contributed by atoms with E-state index in [0.29, 0.717) is 17.8 Å². The van der Waals surface area contributed by atoms with Crippen molar-refractivity contribution in [1.82, 2.24) is 0 Å². The molecule has 0 atom stereocenters. The predicted molar refractivity (Wildman–Crippen MR) is 73.5 cm³/mol. The van der Waals surface area contributed by atoms with Gasteiger partial charge in [-0.25, -0.2) is 0 Å². The van der Waals surface area contributed by atoms with Gasteiger partial charge in [0, 0.05) is 12.5 Å². The number of hydrogen-bond donors (Lipinski definition) is 0. The number of ketones is 1.